The van der Waals surface area contributed by atoms with Crippen molar-refractivity contribution in [1.82, 2.24) is 9.88 Å². The average Bonchev–Trinajstić information content (AvgIpc) is 2.91. The molecule has 6 nitrogen and oxygen atoms in total. The average molecular weight is 318 g/mol. The Balaban J connectivity index is 1.98. The smallest absolute Gasteiger partial charge is 0.394 e. The number of carboxylic acid groups (broad SMARTS) is 1. The van der Waals surface area contributed by atoms with E-state index in [1.165, 1.54) is 12.4 Å². The maximum atomic E-state index is 12.8. The van der Waals surface area contributed by atoms with E-state index in [2.05, 4.69) is 4.98 Å². The molecule has 22 heavy (non-hydrogen) atoms. The lowest BCUT2D eigenvalue weighted by Crippen LogP contribution is -2.35. The number of alkyl halides is 3. The second kappa shape index (κ2) is 6.20. The SMILES string of the molecule is O=C(O)[C@@H]1CN(C(=O)COc2cccnc2)C[C@H]1C(F)(F)F. The fourth-order valence-electron chi connectivity index (χ4n) is 2.26. The Morgan fingerprint density at radius 2 is 2.14 bits per heavy atom. The summed E-state index contributed by atoms with van der Waals surface area (Å²) in [6, 6.07) is 3.12. The Bertz CT molecular complexity index is 550. The zero-order chi connectivity index (χ0) is 16.3. The number of pyridine rings is 1. The fraction of sp³-hybridized carbons (Fsp3) is 0.462. The second-order valence-corrected chi connectivity index (χ2v) is 4.87. The van der Waals surface area contributed by atoms with Crippen LogP contribution in [0.2, 0.25) is 0 Å². The predicted molar refractivity (Wildman–Crippen MR) is 67.0 cm³/mol. The molecule has 1 aromatic rings. The van der Waals surface area contributed by atoms with Crippen LogP contribution in [0, 0.1) is 11.8 Å². The number of likely N-dealkylation sites (tertiary alicyclic amines) is 1. The summed E-state index contributed by atoms with van der Waals surface area (Å²) in [6.45, 7) is -1.62. The van der Waals surface area contributed by atoms with Crippen molar-refractivity contribution in [3.05, 3.63) is 24.5 Å². The molecule has 0 saturated carbocycles. The van der Waals surface area contributed by atoms with Crippen molar-refractivity contribution in [3.8, 4) is 5.75 Å². The number of hydrogen-bond donors (Lipinski definition) is 1. The van der Waals surface area contributed by atoms with Crippen LogP contribution in [0.15, 0.2) is 24.5 Å². The highest BCUT2D eigenvalue weighted by atomic mass is 19.4. The third-order valence-electron chi connectivity index (χ3n) is 3.41. The number of nitrogens with zero attached hydrogens (tertiary/aromatic N) is 2. The van der Waals surface area contributed by atoms with Crippen LogP contribution >= 0.6 is 0 Å². The van der Waals surface area contributed by atoms with Crippen molar-refractivity contribution in [2.45, 2.75) is 6.18 Å². The first-order valence-corrected chi connectivity index (χ1v) is 6.39. The van der Waals surface area contributed by atoms with Gasteiger partial charge in [-0.25, -0.2) is 0 Å². The van der Waals surface area contributed by atoms with Gasteiger partial charge in [-0.05, 0) is 12.1 Å². The molecule has 1 aromatic heterocycles. The van der Waals surface area contributed by atoms with Gasteiger partial charge in [-0.3, -0.25) is 14.6 Å². The molecule has 1 fully saturated rings. The van der Waals surface area contributed by atoms with Crippen molar-refractivity contribution in [1.29, 1.82) is 0 Å². The standard InChI is InChI=1S/C13H13F3N2O4/c14-13(15,16)10-6-18(5-9(10)12(20)21)11(19)7-22-8-2-1-3-17-4-8/h1-4,9-10H,5-7H2,(H,20,21)/t9-,10-/m1/s1. The van der Waals surface area contributed by atoms with Gasteiger partial charge in [0.15, 0.2) is 6.61 Å². The van der Waals surface area contributed by atoms with Crippen LogP contribution in [0.1, 0.15) is 0 Å². The number of aliphatic carboxylic acids is 1. The molecule has 1 aliphatic heterocycles. The normalized spacial score (nSPS) is 21.7. The van der Waals surface area contributed by atoms with Gasteiger partial charge in [0.1, 0.15) is 5.75 Å². The maximum Gasteiger partial charge on any atom is 0.394 e. The first kappa shape index (κ1) is 16.1. The van der Waals surface area contributed by atoms with Crippen molar-refractivity contribution in [2.75, 3.05) is 19.7 Å². The molecule has 1 N–H and O–H groups in total. The molecular formula is C13H13F3N2O4. The summed E-state index contributed by atoms with van der Waals surface area (Å²) in [4.78, 5) is 27.4. The highest BCUT2D eigenvalue weighted by Gasteiger charge is 2.53. The quantitative estimate of drug-likeness (QED) is 0.902. The van der Waals surface area contributed by atoms with Gasteiger partial charge in [0.2, 0.25) is 0 Å². The summed E-state index contributed by atoms with van der Waals surface area (Å²) in [6.07, 6.45) is -1.81. The first-order valence-electron chi connectivity index (χ1n) is 6.39. The summed E-state index contributed by atoms with van der Waals surface area (Å²) >= 11 is 0. The van der Waals surface area contributed by atoms with Gasteiger partial charge in [0, 0.05) is 19.3 Å². The fourth-order valence-corrected chi connectivity index (χ4v) is 2.26. The minimum Gasteiger partial charge on any atom is -0.482 e. The number of carbonyl (C=O) groups is 2. The number of aromatic nitrogens is 1. The van der Waals surface area contributed by atoms with Crippen LogP contribution < -0.4 is 4.74 Å². The Labute approximate surface area is 123 Å². The van der Waals surface area contributed by atoms with Crippen molar-refractivity contribution in [2.24, 2.45) is 11.8 Å². The molecule has 2 rings (SSSR count). The number of rotatable bonds is 4. The number of hydrogen-bond acceptors (Lipinski definition) is 4. The predicted octanol–water partition coefficient (Wildman–Crippen LogP) is 1.18. The minimum atomic E-state index is -4.66. The molecule has 0 bridgehead atoms. The number of carboxylic acids is 1. The minimum absolute atomic E-state index is 0.303. The van der Waals surface area contributed by atoms with Crippen LogP contribution in [0.4, 0.5) is 13.2 Å². The van der Waals surface area contributed by atoms with E-state index in [1.807, 2.05) is 0 Å². The van der Waals surface area contributed by atoms with E-state index in [1.54, 1.807) is 12.1 Å². The molecule has 2 atom stereocenters. The van der Waals surface area contributed by atoms with Gasteiger partial charge in [0.25, 0.3) is 5.91 Å². The second-order valence-electron chi connectivity index (χ2n) is 4.87. The van der Waals surface area contributed by atoms with E-state index in [9.17, 15) is 22.8 Å². The van der Waals surface area contributed by atoms with Crippen LogP contribution in [-0.2, 0) is 9.59 Å². The summed E-state index contributed by atoms with van der Waals surface area (Å²) < 4.78 is 43.6. The Morgan fingerprint density at radius 1 is 1.41 bits per heavy atom. The van der Waals surface area contributed by atoms with Crippen molar-refractivity contribution in [3.63, 3.8) is 0 Å². The van der Waals surface area contributed by atoms with E-state index in [4.69, 9.17) is 9.84 Å². The molecular weight excluding hydrogens is 305 g/mol. The van der Waals surface area contributed by atoms with Crippen molar-refractivity contribution >= 4 is 11.9 Å². The lowest BCUT2D eigenvalue weighted by Gasteiger charge is -2.18. The van der Waals surface area contributed by atoms with Gasteiger partial charge < -0.3 is 14.7 Å². The number of ether oxygens (including phenoxy) is 1. The molecule has 2 heterocycles. The molecule has 0 unspecified atom stereocenters. The van der Waals surface area contributed by atoms with Crippen LogP contribution in [-0.4, -0.2) is 52.7 Å². The van der Waals surface area contributed by atoms with E-state index >= 15 is 0 Å². The summed E-state index contributed by atoms with van der Waals surface area (Å²) in [7, 11) is 0. The monoisotopic (exact) mass is 318 g/mol. The summed E-state index contributed by atoms with van der Waals surface area (Å²) in [5, 5.41) is 8.88. The van der Waals surface area contributed by atoms with Gasteiger partial charge in [0.05, 0.1) is 18.0 Å². The number of halogens is 3. The molecule has 120 valence electrons. The maximum absolute atomic E-state index is 12.8. The van der Waals surface area contributed by atoms with Gasteiger partial charge >= 0.3 is 12.1 Å². The first-order chi connectivity index (χ1) is 10.3. The lowest BCUT2D eigenvalue weighted by molar-refractivity contribution is -0.188. The summed E-state index contributed by atoms with van der Waals surface area (Å²) in [5.41, 5.74) is 0. The molecule has 9 heteroatoms. The molecule has 0 radical (unpaired) electrons. The molecule has 0 spiro atoms. The van der Waals surface area contributed by atoms with Crippen LogP contribution in [0.25, 0.3) is 0 Å². The third-order valence-corrected chi connectivity index (χ3v) is 3.41. The van der Waals surface area contributed by atoms with Gasteiger partial charge in [-0.15, -0.1) is 0 Å². The molecule has 0 aromatic carbocycles. The Morgan fingerprint density at radius 3 is 2.64 bits per heavy atom. The van der Waals surface area contributed by atoms with E-state index < -0.39 is 49.6 Å². The zero-order valence-electron chi connectivity index (χ0n) is 11.3. The number of amides is 1. The highest BCUT2D eigenvalue weighted by molar-refractivity contribution is 5.80. The van der Waals surface area contributed by atoms with Crippen LogP contribution in [0.3, 0.4) is 0 Å². The van der Waals surface area contributed by atoms with E-state index in [-0.39, 0.29) is 0 Å². The third kappa shape index (κ3) is 3.66. The van der Waals surface area contributed by atoms with Gasteiger partial charge in [-0.2, -0.15) is 13.2 Å². The Kier molecular flexibility index (Phi) is 4.53. The largest absolute Gasteiger partial charge is 0.482 e. The van der Waals surface area contributed by atoms with Crippen LogP contribution in [0.5, 0.6) is 5.75 Å². The number of carbonyl (C=O) groups excluding carboxylic acids is 1. The van der Waals surface area contributed by atoms with Gasteiger partial charge in [-0.1, -0.05) is 0 Å². The molecule has 0 aliphatic carbocycles. The molecule has 1 saturated heterocycles. The zero-order valence-corrected chi connectivity index (χ0v) is 11.3. The highest BCUT2D eigenvalue weighted by Crippen LogP contribution is 2.37. The van der Waals surface area contributed by atoms with E-state index in [0.717, 1.165) is 4.90 Å². The topological polar surface area (TPSA) is 79.7 Å². The Hall–Kier alpha value is -2.32. The molecule has 1 amide bonds. The van der Waals surface area contributed by atoms with E-state index in [0.29, 0.717) is 5.75 Å². The lowest BCUT2D eigenvalue weighted by atomic mass is 9.96. The molecule has 1 aliphatic rings. The van der Waals surface area contributed by atoms with Crippen molar-refractivity contribution < 1.29 is 32.6 Å². The summed E-state index contributed by atoms with van der Waals surface area (Å²) in [5.74, 6) is -5.67.